The highest BCUT2D eigenvalue weighted by atomic mass is 19.1. The van der Waals surface area contributed by atoms with E-state index in [1.165, 1.54) is 30.2 Å². The molecule has 0 radical (unpaired) electrons. The van der Waals surface area contributed by atoms with Gasteiger partial charge in [0, 0.05) is 17.8 Å². The van der Waals surface area contributed by atoms with E-state index in [0.717, 1.165) is 0 Å². The molecule has 7 heteroatoms. The Bertz CT molecular complexity index is 522. The average molecular weight is 298 g/mol. The summed E-state index contributed by atoms with van der Waals surface area (Å²) < 4.78 is 18.1. The first-order valence-electron chi connectivity index (χ1n) is 6.52. The van der Waals surface area contributed by atoms with E-state index in [2.05, 4.69) is 5.32 Å². The predicted octanol–water partition coefficient (Wildman–Crippen LogP) is 2.55. The number of hydrogen-bond donors (Lipinski definition) is 2. The van der Waals surface area contributed by atoms with Crippen molar-refractivity contribution in [2.75, 3.05) is 19.0 Å². The predicted molar refractivity (Wildman–Crippen MR) is 76.1 cm³/mol. The number of carbonyl (C=O) groups excluding carboxylic acids is 1. The molecule has 0 bridgehead atoms. The van der Waals surface area contributed by atoms with Crippen LogP contribution >= 0.6 is 0 Å². The Labute approximate surface area is 122 Å². The molecule has 0 aromatic heterocycles. The van der Waals surface area contributed by atoms with Crippen LogP contribution < -0.4 is 10.1 Å². The number of nitrogens with one attached hydrogen (secondary N) is 1. The molecule has 0 saturated heterocycles. The number of aliphatic carboxylic acids is 1. The number of urea groups is 1. The van der Waals surface area contributed by atoms with E-state index in [-0.39, 0.29) is 11.8 Å². The third-order valence-electron chi connectivity index (χ3n) is 3.09. The van der Waals surface area contributed by atoms with Crippen molar-refractivity contribution in [2.45, 2.75) is 26.3 Å². The lowest BCUT2D eigenvalue weighted by atomic mass is 10.2. The molecule has 1 atom stereocenters. The first-order chi connectivity index (χ1) is 9.88. The van der Waals surface area contributed by atoms with Crippen molar-refractivity contribution in [3.05, 3.63) is 24.0 Å². The summed E-state index contributed by atoms with van der Waals surface area (Å²) in [4.78, 5) is 24.2. The van der Waals surface area contributed by atoms with E-state index in [1.807, 2.05) is 6.92 Å². The highest BCUT2D eigenvalue weighted by Crippen LogP contribution is 2.22. The van der Waals surface area contributed by atoms with Gasteiger partial charge in [-0.3, -0.25) is 4.79 Å². The third kappa shape index (κ3) is 4.62. The molecule has 116 valence electrons. The number of hydrogen-bond acceptors (Lipinski definition) is 3. The maximum absolute atomic E-state index is 13.3. The number of carboxylic acid groups (broad SMARTS) is 1. The van der Waals surface area contributed by atoms with Crippen molar-refractivity contribution in [3.8, 4) is 5.75 Å². The molecule has 2 amide bonds. The van der Waals surface area contributed by atoms with Crippen molar-refractivity contribution in [1.82, 2.24) is 4.90 Å². The molecule has 0 aliphatic heterocycles. The van der Waals surface area contributed by atoms with E-state index >= 15 is 0 Å². The summed E-state index contributed by atoms with van der Waals surface area (Å²) in [7, 11) is 1.32. The van der Waals surface area contributed by atoms with Gasteiger partial charge in [0.2, 0.25) is 0 Å². The van der Waals surface area contributed by atoms with Crippen LogP contribution in [0, 0.1) is 5.82 Å². The summed E-state index contributed by atoms with van der Waals surface area (Å²) in [6, 6.07) is 3.09. The largest absolute Gasteiger partial charge is 0.494 e. The van der Waals surface area contributed by atoms with Gasteiger partial charge in [0.05, 0.1) is 7.11 Å². The minimum atomic E-state index is -1.10. The zero-order chi connectivity index (χ0) is 16.0. The molecule has 0 heterocycles. The van der Waals surface area contributed by atoms with Gasteiger partial charge in [-0.1, -0.05) is 6.92 Å². The highest BCUT2D eigenvalue weighted by molar-refractivity contribution is 5.91. The number of anilines is 1. The fourth-order valence-corrected chi connectivity index (χ4v) is 1.73. The Morgan fingerprint density at radius 2 is 2.14 bits per heavy atom. The lowest BCUT2D eigenvalue weighted by Crippen LogP contribution is -2.44. The van der Waals surface area contributed by atoms with Gasteiger partial charge in [0.1, 0.15) is 6.54 Å². The van der Waals surface area contributed by atoms with Crippen LogP contribution in [0.15, 0.2) is 18.2 Å². The molecule has 1 unspecified atom stereocenters. The van der Waals surface area contributed by atoms with Crippen LogP contribution in [0.1, 0.15) is 20.3 Å². The number of halogens is 1. The standard InChI is InChI=1S/C14H19FN2O4/c1-4-9(2)17(8-13(18)19)14(20)16-10-5-6-11(15)12(7-10)21-3/h5-7,9H,4,8H2,1-3H3,(H,16,20)(H,18,19). The number of nitrogens with zero attached hydrogens (tertiary/aromatic N) is 1. The minimum absolute atomic E-state index is 0.00104. The second-order valence-electron chi connectivity index (χ2n) is 4.56. The number of carboxylic acids is 1. The molecule has 0 saturated carbocycles. The lowest BCUT2D eigenvalue weighted by molar-refractivity contribution is -0.138. The van der Waals surface area contributed by atoms with Crippen LogP contribution in [0.25, 0.3) is 0 Å². The van der Waals surface area contributed by atoms with Crippen molar-refractivity contribution < 1.29 is 23.8 Å². The van der Waals surface area contributed by atoms with Gasteiger partial charge < -0.3 is 20.1 Å². The smallest absolute Gasteiger partial charge is 0.323 e. The van der Waals surface area contributed by atoms with E-state index in [9.17, 15) is 14.0 Å². The van der Waals surface area contributed by atoms with Crippen molar-refractivity contribution in [3.63, 3.8) is 0 Å². The number of benzene rings is 1. The van der Waals surface area contributed by atoms with Gasteiger partial charge in [-0.05, 0) is 25.5 Å². The van der Waals surface area contributed by atoms with Crippen LogP contribution in [-0.2, 0) is 4.79 Å². The molecule has 0 spiro atoms. The second kappa shape index (κ2) is 7.47. The van der Waals surface area contributed by atoms with Gasteiger partial charge in [0.25, 0.3) is 0 Å². The van der Waals surface area contributed by atoms with Gasteiger partial charge in [0.15, 0.2) is 11.6 Å². The summed E-state index contributed by atoms with van der Waals surface area (Å²) in [5.41, 5.74) is 0.331. The van der Waals surface area contributed by atoms with E-state index < -0.39 is 24.4 Å². The maximum atomic E-state index is 13.3. The highest BCUT2D eigenvalue weighted by Gasteiger charge is 2.21. The minimum Gasteiger partial charge on any atom is -0.494 e. The second-order valence-corrected chi connectivity index (χ2v) is 4.56. The third-order valence-corrected chi connectivity index (χ3v) is 3.09. The van der Waals surface area contributed by atoms with Crippen LogP contribution in [-0.4, -0.2) is 41.7 Å². The summed E-state index contributed by atoms with van der Waals surface area (Å²) in [5.74, 6) is -1.64. The van der Waals surface area contributed by atoms with Gasteiger partial charge in [-0.25, -0.2) is 9.18 Å². The van der Waals surface area contributed by atoms with Gasteiger partial charge >= 0.3 is 12.0 Å². The quantitative estimate of drug-likeness (QED) is 0.846. The number of amides is 2. The summed E-state index contributed by atoms with van der Waals surface area (Å²) in [6.07, 6.45) is 0.618. The summed E-state index contributed by atoms with van der Waals surface area (Å²) >= 11 is 0. The fraction of sp³-hybridized carbons (Fsp3) is 0.429. The number of rotatable bonds is 6. The van der Waals surface area contributed by atoms with Gasteiger partial charge in [-0.2, -0.15) is 0 Å². The normalized spacial score (nSPS) is 11.6. The van der Waals surface area contributed by atoms with Crippen molar-refractivity contribution >= 4 is 17.7 Å². The monoisotopic (exact) mass is 298 g/mol. The average Bonchev–Trinajstić information content (AvgIpc) is 2.45. The molecule has 2 N–H and O–H groups in total. The molecule has 0 aliphatic carbocycles. The first-order valence-corrected chi connectivity index (χ1v) is 6.52. The molecular formula is C14H19FN2O4. The number of methoxy groups -OCH3 is 1. The molecule has 1 aromatic rings. The Morgan fingerprint density at radius 3 is 2.67 bits per heavy atom. The molecule has 0 aliphatic rings. The van der Waals surface area contributed by atoms with Crippen molar-refractivity contribution in [2.24, 2.45) is 0 Å². The SMILES string of the molecule is CCC(C)N(CC(=O)O)C(=O)Nc1ccc(F)c(OC)c1. The van der Waals surface area contributed by atoms with E-state index in [1.54, 1.807) is 6.92 Å². The number of carbonyl (C=O) groups is 2. The molecule has 6 nitrogen and oxygen atoms in total. The zero-order valence-electron chi connectivity index (χ0n) is 12.2. The fourth-order valence-electron chi connectivity index (χ4n) is 1.73. The van der Waals surface area contributed by atoms with Gasteiger partial charge in [-0.15, -0.1) is 0 Å². The molecule has 21 heavy (non-hydrogen) atoms. The van der Waals surface area contributed by atoms with E-state index in [0.29, 0.717) is 12.1 Å². The molecule has 0 fully saturated rings. The Morgan fingerprint density at radius 1 is 1.48 bits per heavy atom. The Kier molecular flexibility index (Phi) is 5.95. The van der Waals surface area contributed by atoms with E-state index in [4.69, 9.17) is 9.84 Å². The maximum Gasteiger partial charge on any atom is 0.323 e. The molecular weight excluding hydrogens is 279 g/mol. The summed E-state index contributed by atoms with van der Waals surface area (Å²) in [6.45, 7) is 3.21. The summed E-state index contributed by atoms with van der Waals surface area (Å²) in [5, 5.41) is 11.4. The first kappa shape index (κ1) is 16.7. The number of ether oxygens (including phenoxy) is 1. The Hall–Kier alpha value is -2.31. The van der Waals surface area contributed by atoms with Crippen LogP contribution in [0.4, 0.5) is 14.9 Å². The molecule has 1 aromatic carbocycles. The lowest BCUT2D eigenvalue weighted by Gasteiger charge is -2.27. The van der Waals surface area contributed by atoms with Crippen LogP contribution in [0.5, 0.6) is 5.75 Å². The zero-order valence-corrected chi connectivity index (χ0v) is 12.2. The van der Waals surface area contributed by atoms with Crippen molar-refractivity contribution in [1.29, 1.82) is 0 Å². The van der Waals surface area contributed by atoms with Crippen LogP contribution in [0.3, 0.4) is 0 Å². The molecule has 1 rings (SSSR count). The Balaban J connectivity index is 2.88. The van der Waals surface area contributed by atoms with Crippen LogP contribution in [0.2, 0.25) is 0 Å². The topological polar surface area (TPSA) is 78.9 Å².